The maximum atomic E-state index is 13.6. The number of benzene rings is 1. The van der Waals surface area contributed by atoms with Gasteiger partial charge in [0.1, 0.15) is 5.82 Å². The molecule has 28 heavy (non-hydrogen) atoms. The highest BCUT2D eigenvalue weighted by atomic mass is 19.1. The van der Waals surface area contributed by atoms with E-state index >= 15 is 0 Å². The van der Waals surface area contributed by atoms with Gasteiger partial charge in [-0.3, -0.25) is 14.7 Å². The van der Waals surface area contributed by atoms with Gasteiger partial charge in [0.05, 0.1) is 6.54 Å². The first-order valence-electron chi connectivity index (χ1n) is 9.94. The third-order valence-electron chi connectivity index (χ3n) is 5.00. The summed E-state index contributed by atoms with van der Waals surface area (Å²) in [4.78, 5) is 20.7. The Balaban J connectivity index is 1.85. The van der Waals surface area contributed by atoms with E-state index in [1.807, 2.05) is 19.9 Å². The van der Waals surface area contributed by atoms with Gasteiger partial charge in [-0.1, -0.05) is 26.0 Å². The van der Waals surface area contributed by atoms with Crippen molar-refractivity contribution < 1.29 is 9.18 Å². The van der Waals surface area contributed by atoms with Gasteiger partial charge in [-0.25, -0.2) is 4.39 Å². The summed E-state index contributed by atoms with van der Waals surface area (Å²) in [6, 6.07) is 6.92. The molecule has 0 radical (unpaired) electrons. The number of guanidine groups is 1. The molecule has 6 nitrogen and oxygen atoms in total. The lowest BCUT2D eigenvalue weighted by atomic mass is 9.84. The maximum Gasteiger partial charge on any atom is 0.234 e. The molecule has 1 aromatic rings. The Morgan fingerprint density at radius 1 is 1.25 bits per heavy atom. The van der Waals surface area contributed by atoms with Gasteiger partial charge in [-0.15, -0.1) is 0 Å². The van der Waals surface area contributed by atoms with E-state index in [0.717, 1.165) is 37.7 Å². The Kier molecular flexibility index (Phi) is 7.80. The highest BCUT2D eigenvalue weighted by molar-refractivity contribution is 5.80. The fraction of sp³-hybridized carbons (Fsp3) is 0.619. The Morgan fingerprint density at radius 2 is 1.93 bits per heavy atom. The molecule has 1 saturated heterocycles. The summed E-state index contributed by atoms with van der Waals surface area (Å²) in [7, 11) is 1.78. The van der Waals surface area contributed by atoms with Gasteiger partial charge in [-0.2, -0.15) is 0 Å². The van der Waals surface area contributed by atoms with Crippen molar-refractivity contribution in [3.05, 3.63) is 35.6 Å². The summed E-state index contributed by atoms with van der Waals surface area (Å²) in [6.45, 7) is 12.5. The van der Waals surface area contributed by atoms with Crippen LogP contribution in [0.4, 0.5) is 4.39 Å². The summed E-state index contributed by atoms with van der Waals surface area (Å²) in [5.74, 6) is 0.700. The van der Waals surface area contributed by atoms with E-state index in [2.05, 4.69) is 39.3 Å². The van der Waals surface area contributed by atoms with E-state index in [1.165, 1.54) is 6.07 Å². The molecular formula is C21H34FN5O. The van der Waals surface area contributed by atoms with Crippen LogP contribution in [-0.2, 0) is 10.2 Å². The monoisotopic (exact) mass is 391 g/mol. The van der Waals surface area contributed by atoms with E-state index in [4.69, 9.17) is 0 Å². The number of nitrogens with zero attached hydrogens (tertiary/aromatic N) is 3. The Labute approximate surface area is 168 Å². The molecular weight excluding hydrogens is 357 g/mol. The van der Waals surface area contributed by atoms with Crippen molar-refractivity contribution in [3.8, 4) is 0 Å². The summed E-state index contributed by atoms with van der Waals surface area (Å²) >= 11 is 0. The summed E-state index contributed by atoms with van der Waals surface area (Å²) in [5.41, 5.74) is 0.728. The predicted octanol–water partition coefficient (Wildman–Crippen LogP) is 1.82. The predicted molar refractivity (Wildman–Crippen MR) is 112 cm³/mol. The first-order chi connectivity index (χ1) is 13.2. The third-order valence-corrected chi connectivity index (χ3v) is 5.00. The highest BCUT2D eigenvalue weighted by Crippen LogP contribution is 2.23. The molecule has 1 amide bonds. The van der Waals surface area contributed by atoms with Crippen LogP contribution in [0.3, 0.4) is 0 Å². The van der Waals surface area contributed by atoms with Gasteiger partial charge < -0.3 is 15.5 Å². The molecule has 0 bridgehead atoms. The number of halogens is 1. The van der Waals surface area contributed by atoms with Gasteiger partial charge >= 0.3 is 0 Å². The number of aliphatic imine (C=N–C) groups is 1. The fourth-order valence-corrected chi connectivity index (χ4v) is 3.33. The molecule has 156 valence electrons. The van der Waals surface area contributed by atoms with Crippen molar-refractivity contribution in [2.75, 3.05) is 46.3 Å². The molecule has 7 heteroatoms. The van der Waals surface area contributed by atoms with Crippen molar-refractivity contribution in [2.24, 2.45) is 4.99 Å². The SMILES string of the molecule is CN=C(NCC(C)(C)c1cccc(F)c1)N1CCN(CC(=O)NC(C)C)CC1. The highest BCUT2D eigenvalue weighted by Gasteiger charge is 2.25. The number of rotatable bonds is 6. The zero-order valence-corrected chi connectivity index (χ0v) is 17.8. The quantitative estimate of drug-likeness (QED) is 0.574. The van der Waals surface area contributed by atoms with Gasteiger partial charge in [0.2, 0.25) is 5.91 Å². The molecule has 1 fully saturated rings. The van der Waals surface area contributed by atoms with Crippen molar-refractivity contribution in [3.63, 3.8) is 0 Å². The van der Waals surface area contributed by atoms with Crippen LogP contribution in [0, 0.1) is 5.82 Å². The lowest BCUT2D eigenvalue weighted by Gasteiger charge is -2.37. The molecule has 2 N–H and O–H groups in total. The molecule has 1 aliphatic rings. The number of piperazine rings is 1. The topological polar surface area (TPSA) is 60.0 Å². The minimum Gasteiger partial charge on any atom is -0.355 e. The Morgan fingerprint density at radius 3 is 2.50 bits per heavy atom. The van der Waals surface area contributed by atoms with E-state index in [9.17, 15) is 9.18 Å². The summed E-state index contributed by atoms with van der Waals surface area (Å²) in [5, 5.41) is 6.37. The molecule has 0 unspecified atom stereocenters. The van der Waals surface area contributed by atoms with E-state index in [1.54, 1.807) is 19.2 Å². The molecule has 0 spiro atoms. The van der Waals surface area contributed by atoms with Gasteiger partial charge in [0, 0.05) is 51.2 Å². The molecule has 0 aliphatic carbocycles. The molecule has 1 aromatic carbocycles. The summed E-state index contributed by atoms with van der Waals surface area (Å²) < 4.78 is 13.6. The number of hydrogen-bond acceptors (Lipinski definition) is 3. The standard InChI is InChI=1S/C21H34FN5O/c1-16(2)25-19(28)14-26-9-11-27(12-10-26)20(23-5)24-15-21(3,4)17-7-6-8-18(22)13-17/h6-8,13,16H,9-12,14-15H2,1-5H3,(H,23,24)(H,25,28). The Hall–Kier alpha value is -2.15. The normalized spacial score (nSPS) is 16.4. The maximum absolute atomic E-state index is 13.6. The third kappa shape index (κ3) is 6.48. The minimum absolute atomic E-state index is 0.0720. The largest absolute Gasteiger partial charge is 0.355 e. The van der Waals surface area contributed by atoms with Crippen LogP contribution in [0.5, 0.6) is 0 Å². The summed E-state index contributed by atoms with van der Waals surface area (Å²) in [6.07, 6.45) is 0. The van der Waals surface area contributed by atoms with Crippen LogP contribution in [0.25, 0.3) is 0 Å². The van der Waals surface area contributed by atoms with E-state index in [0.29, 0.717) is 13.1 Å². The zero-order valence-electron chi connectivity index (χ0n) is 17.8. The van der Waals surface area contributed by atoms with E-state index in [-0.39, 0.29) is 23.2 Å². The number of amides is 1. The van der Waals surface area contributed by atoms with Crippen LogP contribution < -0.4 is 10.6 Å². The van der Waals surface area contributed by atoms with Crippen LogP contribution in [0.1, 0.15) is 33.3 Å². The van der Waals surface area contributed by atoms with Crippen LogP contribution >= 0.6 is 0 Å². The van der Waals surface area contributed by atoms with Gasteiger partial charge in [0.15, 0.2) is 5.96 Å². The van der Waals surface area contributed by atoms with Crippen molar-refractivity contribution >= 4 is 11.9 Å². The van der Waals surface area contributed by atoms with Crippen LogP contribution in [0.2, 0.25) is 0 Å². The first-order valence-corrected chi connectivity index (χ1v) is 9.94. The molecule has 1 aliphatic heterocycles. The minimum atomic E-state index is -0.227. The average molecular weight is 392 g/mol. The Bertz CT molecular complexity index is 681. The van der Waals surface area contributed by atoms with Crippen LogP contribution in [-0.4, -0.2) is 74.0 Å². The number of hydrogen-bond donors (Lipinski definition) is 2. The van der Waals surface area contributed by atoms with Crippen molar-refractivity contribution in [1.82, 2.24) is 20.4 Å². The molecule has 0 saturated carbocycles. The second kappa shape index (κ2) is 9.87. The van der Waals surface area contributed by atoms with Gasteiger partial charge in [0.25, 0.3) is 0 Å². The number of nitrogens with one attached hydrogen (secondary N) is 2. The lowest BCUT2D eigenvalue weighted by molar-refractivity contribution is -0.123. The second-order valence-corrected chi connectivity index (χ2v) is 8.28. The smallest absolute Gasteiger partial charge is 0.234 e. The average Bonchev–Trinajstić information content (AvgIpc) is 2.62. The molecule has 1 heterocycles. The molecule has 0 aromatic heterocycles. The van der Waals surface area contributed by atoms with E-state index < -0.39 is 0 Å². The van der Waals surface area contributed by atoms with Crippen molar-refractivity contribution in [1.29, 1.82) is 0 Å². The zero-order chi connectivity index (χ0) is 20.7. The lowest BCUT2D eigenvalue weighted by Crippen LogP contribution is -2.55. The number of carbonyl (C=O) groups is 1. The first kappa shape index (κ1) is 22.1. The molecule has 0 atom stereocenters. The number of carbonyl (C=O) groups excluding carboxylic acids is 1. The van der Waals surface area contributed by atoms with Crippen molar-refractivity contribution in [2.45, 2.75) is 39.2 Å². The fourth-order valence-electron chi connectivity index (χ4n) is 3.33. The molecule has 2 rings (SSSR count). The second-order valence-electron chi connectivity index (χ2n) is 8.28. The van der Waals surface area contributed by atoms with Gasteiger partial charge in [-0.05, 0) is 31.5 Å². The van der Waals surface area contributed by atoms with Crippen LogP contribution in [0.15, 0.2) is 29.3 Å².